The molecule has 33 heavy (non-hydrogen) atoms. The third-order valence-corrected chi connectivity index (χ3v) is 7.30. The number of carbonyl (C=O) groups excluding carboxylic acids is 1. The molecule has 174 valence electrons. The molecule has 3 aromatic rings. The summed E-state index contributed by atoms with van der Waals surface area (Å²) < 4.78 is 5.98. The molecule has 1 N–H and O–H groups in total. The number of carbonyl (C=O) groups is 1. The van der Waals surface area contributed by atoms with Crippen molar-refractivity contribution >= 4 is 17.0 Å². The summed E-state index contributed by atoms with van der Waals surface area (Å²) in [6.45, 7) is 6.89. The number of oxazole rings is 1. The van der Waals surface area contributed by atoms with Gasteiger partial charge in [0, 0.05) is 31.6 Å². The minimum absolute atomic E-state index is 0.100. The van der Waals surface area contributed by atoms with Gasteiger partial charge in [0.1, 0.15) is 5.52 Å². The van der Waals surface area contributed by atoms with Crippen molar-refractivity contribution in [2.24, 2.45) is 0 Å². The molecule has 1 unspecified atom stereocenters. The van der Waals surface area contributed by atoms with Gasteiger partial charge in [-0.2, -0.15) is 0 Å². The van der Waals surface area contributed by atoms with Gasteiger partial charge in [-0.05, 0) is 63.4 Å². The maximum absolute atomic E-state index is 13.0. The second kappa shape index (κ2) is 10.1. The number of likely N-dealkylation sites (tertiary alicyclic amines) is 2. The normalized spacial score (nSPS) is 20.2. The van der Waals surface area contributed by atoms with Gasteiger partial charge in [-0.3, -0.25) is 14.6 Å². The molecule has 3 heterocycles. The molecular formula is C27H34N4O2. The topological polar surface area (TPSA) is 61.6 Å². The third kappa shape index (κ3) is 5.28. The van der Waals surface area contributed by atoms with E-state index in [4.69, 9.17) is 4.42 Å². The van der Waals surface area contributed by atoms with Crippen LogP contribution in [0.25, 0.3) is 11.1 Å². The van der Waals surface area contributed by atoms with Crippen LogP contribution in [0.3, 0.4) is 0 Å². The number of aromatic nitrogens is 1. The summed E-state index contributed by atoms with van der Waals surface area (Å²) in [6.07, 6.45) is 3.99. The van der Waals surface area contributed by atoms with Crippen LogP contribution < -0.4 is 5.32 Å². The number of hydrogen-bond acceptors (Lipinski definition) is 5. The van der Waals surface area contributed by atoms with E-state index in [0.717, 1.165) is 75.4 Å². The predicted molar refractivity (Wildman–Crippen MR) is 130 cm³/mol. The van der Waals surface area contributed by atoms with E-state index >= 15 is 0 Å². The van der Waals surface area contributed by atoms with E-state index in [2.05, 4.69) is 50.4 Å². The second-order valence-corrected chi connectivity index (χ2v) is 9.55. The highest BCUT2D eigenvalue weighted by Crippen LogP contribution is 2.30. The number of rotatable bonds is 6. The highest BCUT2D eigenvalue weighted by atomic mass is 16.3. The molecule has 0 spiro atoms. The minimum Gasteiger partial charge on any atom is -0.440 e. The number of benzene rings is 2. The first kappa shape index (κ1) is 22.1. The highest BCUT2D eigenvalue weighted by molar-refractivity contribution is 5.81. The summed E-state index contributed by atoms with van der Waals surface area (Å²) in [5.74, 6) is 1.34. The van der Waals surface area contributed by atoms with Crippen LogP contribution in [0.4, 0.5) is 0 Å². The quantitative estimate of drug-likeness (QED) is 0.616. The van der Waals surface area contributed by atoms with Crippen molar-refractivity contribution in [2.75, 3.05) is 26.2 Å². The van der Waals surface area contributed by atoms with Crippen molar-refractivity contribution in [1.82, 2.24) is 20.1 Å². The Morgan fingerprint density at radius 3 is 2.42 bits per heavy atom. The maximum atomic E-state index is 13.0. The molecule has 0 bridgehead atoms. The zero-order chi connectivity index (χ0) is 22.6. The molecule has 6 heteroatoms. The molecule has 0 radical (unpaired) electrons. The standard InChI is InChI=1S/C27H34N4O2/c1-20(26(32)28-23-13-15-30(16-14-23)19-21-7-3-2-4-8-21)31-17-11-22(12-18-31)27-29-24-9-5-6-10-25(24)33-27/h2-10,20,22-23H,11-19H2,1H3,(H,28,32). The van der Waals surface area contributed by atoms with E-state index in [1.165, 1.54) is 5.56 Å². The number of hydrogen-bond donors (Lipinski definition) is 1. The molecule has 5 rings (SSSR count). The molecule has 1 amide bonds. The molecule has 1 atom stereocenters. The van der Waals surface area contributed by atoms with E-state index in [1.807, 2.05) is 31.2 Å². The Morgan fingerprint density at radius 1 is 1.00 bits per heavy atom. The molecule has 2 aliphatic rings. The summed E-state index contributed by atoms with van der Waals surface area (Å²) >= 11 is 0. The van der Waals surface area contributed by atoms with Gasteiger partial charge in [-0.15, -0.1) is 0 Å². The van der Waals surface area contributed by atoms with E-state index < -0.39 is 0 Å². The summed E-state index contributed by atoms with van der Waals surface area (Å²) in [6, 6.07) is 18.7. The van der Waals surface area contributed by atoms with Crippen LogP contribution in [0.2, 0.25) is 0 Å². The average molecular weight is 447 g/mol. The number of nitrogens with zero attached hydrogens (tertiary/aromatic N) is 3. The molecule has 0 saturated carbocycles. The van der Waals surface area contributed by atoms with Crippen molar-refractivity contribution in [3.8, 4) is 0 Å². The molecular weight excluding hydrogens is 412 g/mol. The van der Waals surface area contributed by atoms with Crippen LogP contribution in [0.15, 0.2) is 59.0 Å². The van der Waals surface area contributed by atoms with Crippen LogP contribution in [-0.2, 0) is 11.3 Å². The molecule has 6 nitrogen and oxygen atoms in total. The van der Waals surface area contributed by atoms with Crippen molar-refractivity contribution in [2.45, 2.75) is 57.2 Å². The Morgan fingerprint density at radius 2 is 1.70 bits per heavy atom. The van der Waals surface area contributed by atoms with E-state index in [0.29, 0.717) is 5.92 Å². The lowest BCUT2D eigenvalue weighted by Crippen LogP contribution is -2.52. The average Bonchev–Trinajstić information content (AvgIpc) is 3.30. The Labute approximate surface area is 196 Å². The Kier molecular flexibility index (Phi) is 6.74. The largest absolute Gasteiger partial charge is 0.440 e. The first-order chi connectivity index (χ1) is 16.2. The van der Waals surface area contributed by atoms with E-state index in [9.17, 15) is 4.79 Å². The fourth-order valence-corrected chi connectivity index (χ4v) is 5.16. The molecule has 1 aromatic heterocycles. The third-order valence-electron chi connectivity index (χ3n) is 7.30. The van der Waals surface area contributed by atoms with Gasteiger partial charge in [-0.1, -0.05) is 42.5 Å². The lowest BCUT2D eigenvalue weighted by Gasteiger charge is -2.36. The van der Waals surface area contributed by atoms with Crippen LogP contribution in [0.1, 0.15) is 50.0 Å². The lowest BCUT2D eigenvalue weighted by atomic mass is 9.95. The summed E-state index contributed by atoms with van der Waals surface area (Å²) in [5.41, 5.74) is 3.14. The van der Waals surface area contributed by atoms with Crippen molar-refractivity contribution in [3.63, 3.8) is 0 Å². The summed E-state index contributed by atoms with van der Waals surface area (Å²) in [7, 11) is 0. The van der Waals surface area contributed by atoms with Gasteiger partial charge in [0.05, 0.1) is 6.04 Å². The predicted octanol–water partition coefficient (Wildman–Crippen LogP) is 4.18. The highest BCUT2D eigenvalue weighted by Gasteiger charge is 2.31. The van der Waals surface area contributed by atoms with Crippen LogP contribution in [-0.4, -0.2) is 59.0 Å². The number of fused-ring (bicyclic) bond motifs is 1. The summed E-state index contributed by atoms with van der Waals surface area (Å²) in [5, 5.41) is 3.32. The maximum Gasteiger partial charge on any atom is 0.237 e. The van der Waals surface area contributed by atoms with Crippen molar-refractivity contribution < 1.29 is 9.21 Å². The molecule has 2 aliphatic heterocycles. The van der Waals surface area contributed by atoms with Crippen molar-refractivity contribution in [3.05, 3.63) is 66.1 Å². The molecule has 2 saturated heterocycles. The van der Waals surface area contributed by atoms with Crippen molar-refractivity contribution in [1.29, 1.82) is 0 Å². The SMILES string of the molecule is CC(C(=O)NC1CCN(Cc2ccccc2)CC1)N1CCC(c2nc3ccccc3o2)CC1. The van der Waals surface area contributed by atoms with Gasteiger partial charge in [0.15, 0.2) is 11.5 Å². The molecule has 2 fully saturated rings. The van der Waals surface area contributed by atoms with Gasteiger partial charge in [-0.25, -0.2) is 4.98 Å². The van der Waals surface area contributed by atoms with Gasteiger partial charge < -0.3 is 9.73 Å². The molecule has 2 aromatic carbocycles. The lowest BCUT2D eigenvalue weighted by molar-refractivity contribution is -0.127. The smallest absolute Gasteiger partial charge is 0.237 e. The fraction of sp³-hybridized carbons (Fsp3) is 0.481. The summed E-state index contributed by atoms with van der Waals surface area (Å²) in [4.78, 5) is 22.4. The Hall–Kier alpha value is -2.70. The number of amides is 1. The van der Waals surface area contributed by atoms with E-state index in [1.54, 1.807) is 0 Å². The van der Waals surface area contributed by atoms with E-state index in [-0.39, 0.29) is 18.0 Å². The van der Waals surface area contributed by atoms with Gasteiger partial charge in [0.25, 0.3) is 0 Å². The Balaban J connectivity index is 1.07. The molecule has 0 aliphatic carbocycles. The number of piperidine rings is 2. The zero-order valence-electron chi connectivity index (χ0n) is 19.5. The first-order valence-corrected chi connectivity index (χ1v) is 12.3. The zero-order valence-corrected chi connectivity index (χ0v) is 19.5. The Bertz CT molecular complexity index is 1020. The fourth-order valence-electron chi connectivity index (χ4n) is 5.16. The van der Waals surface area contributed by atoms with Crippen LogP contribution in [0.5, 0.6) is 0 Å². The second-order valence-electron chi connectivity index (χ2n) is 9.55. The monoisotopic (exact) mass is 446 g/mol. The van der Waals surface area contributed by atoms with Gasteiger partial charge in [0.2, 0.25) is 5.91 Å². The van der Waals surface area contributed by atoms with Crippen LogP contribution >= 0.6 is 0 Å². The number of para-hydroxylation sites is 2. The number of nitrogens with one attached hydrogen (secondary N) is 1. The van der Waals surface area contributed by atoms with Gasteiger partial charge >= 0.3 is 0 Å². The van der Waals surface area contributed by atoms with Crippen LogP contribution in [0, 0.1) is 0 Å². The first-order valence-electron chi connectivity index (χ1n) is 12.3. The minimum atomic E-state index is -0.100.